The summed E-state index contributed by atoms with van der Waals surface area (Å²) in [6.07, 6.45) is 7.54. The zero-order valence-electron chi connectivity index (χ0n) is 11.3. The molecule has 2 aromatic heterocycles. The fourth-order valence-corrected chi connectivity index (χ4v) is 2.15. The van der Waals surface area contributed by atoms with Gasteiger partial charge in [0.15, 0.2) is 5.82 Å². The van der Waals surface area contributed by atoms with Gasteiger partial charge in [-0.2, -0.15) is 5.10 Å². The van der Waals surface area contributed by atoms with Gasteiger partial charge in [-0.1, -0.05) is 0 Å². The van der Waals surface area contributed by atoms with Crippen molar-refractivity contribution >= 4 is 11.7 Å². The van der Waals surface area contributed by atoms with Crippen LogP contribution in [-0.4, -0.2) is 26.8 Å². The van der Waals surface area contributed by atoms with E-state index in [1.807, 2.05) is 19.1 Å². The molecule has 104 valence electrons. The lowest BCUT2D eigenvalue weighted by atomic mass is 10.2. The largest absolute Gasteiger partial charge is 0.335 e. The lowest BCUT2D eigenvalue weighted by Gasteiger charge is -2.15. The van der Waals surface area contributed by atoms with Crippen molar-refractivity contribution < 1.29 is 4.79 Å². The molecular formula is C14H17N5O. The number of anilines is 1. The number of pyridine rings is 1. The Kier molecular flexibility index (Phi) is 3.37. The molecule has 1 aliphatic carbocycles. The van der Waals surface area contributed by atoms with Crippen molar-refractivity contribution in [2.45, 2.75) is 25.8 Å². The number of rotatable bonds is 4. The molecule has 1 fully saturated rings. The van der Waals surface area contributed by atoms with Crippen molar-refractivity contribution in [2.24, 2.45) is 5.92 Å². The van der Waals surface area contributed by atoms with Crippen molar-refractivity contribution in [3.8, 4) is 5.82 Å². The minimum absolute atomic E-state index is 0.203. The highest BCUT2D eigenvalue weighted by molar-refractivity contribution is 5.91. The van der Waals surface area contributed by atoms with Gasteiger partial charge in [0.05, 0.1) is 5.69 Å². The first-order valence-corrected chi connectivity index (χ1v) is 6.76. The Morgan fingerprint density at radius 3 is 2.95 bits per heavy atom. The second-order valence-electron chi connectivity index (χ2n) is 5.05. The molecule has 0 aliphatic heterocycles. The van der Waals surface area contributed by atoms with Crippen LogP contribution in [0.3, 0.4) is 0 Å². The van der Waals surface area contributed by atoms with E-state index >= 15 is 0 Å². The number of urea groups is 1. The van der Waals surface area contributed by atoms with E-state index in [2.05, 4.69) is 20.7 Å². The summed E-state index contributed by atoms with van der Waals surface area (Å²) in [7, 11) is 0. The summed E-state index contributed by atoms with van der Waals surface area (Å²) >= 11 is 0. The van der Waals surface area contributed by atoms with E-state index in [1.165, 1.54) is 12.8 Å². The summed E-state index contributed by atoms with van der Waals surface area (Å²) in [5.74, 6) is 1.23. The molecule has 0 radical (unpaired) electrons. The molecule has 1 atom stereocenters. The molecule has 0 aromatic carbocycles. The zero-order valence-corrected chi connectivity index (χ0v) is 11.3. The van der Waals surface area contributed by atoms with Gasteiger partial charge >= 0.3 is 6.03 Å². The van der Waals surface area contributed by atoms with E-state index in [0.29, 0.717) is 17.4 Å². The lowest BCUT2D eigenvalue weighted by Crippen LogP contribution is -2.37. The third kappa shape index (κ3) is 2.79. The summed E-state index contributed by atoms with van der Waals surface area (Å²) in [6.45, 7) is 2.04. The van der Waals surface area contributed by atoms with E-state index < -0.39 is 0 Å². The predicted molar refractivity (Wildman–Crippen MR) is 75.7 cm³/mol. The molecule has 6 nitrogen and oxygen atoms in total. The fraction of sp³-hybridized carbons (Fsp3) is 0.357. The smallest absolute Gasteiger partial charge is 0.319 e. The van der Waals surface area contributed by atoms with Crippen LogP contribution in [0, 0.1) is 5.92 Å². The van der Waals surface area contributed by atoms with Gasteiger partial charge in [-0.25, -0.2) is 14.5 Å². The number of nitrogens with one attached hydrogen (secondary N) is 2. The van der Waals surface area contributed by atoms with Crippen LogP contribution in [0.2, 0.25) is 0 Å². The predicted octanol–water partition coefficient (Wildman–Crippen LogP) is 2.19. The van der Waals surface area contributed by atoms with Crippen LogP contribution in [-0.2, 0) is 0 Å². The summed E-state index contributed by atoms with van der Waals surface area (Å²) in [5.41, 5.74) is 0.636. The van der Waals surface area contributed by atoms with E-state index in [-0.39, 0.29) is 12.1 Å². The Morgan fingerprint density at radius 1 is 1.40 bits per heavy atom. The van der Waals surface area contributed by atoms with Crippen molar-refractivity contribution in [1.29, 1.82) is 0 Å². The van der Waals surface area contributed by atoms with Crippen LogP contribution in [0.25, 0.3) is 5.82 Å². The van der Waals surface area contributed by atoms with Gasteiger partial charge in [0.25, 0.3) is 0 Å². The minimum atomic E-state index is -0.203. The number of hydrogen-bond donors (Lipinski definition) is 2. The highest BCUT2D eigenvalue weighted by Gasteiger charge is 2.28. The standard InChI is InChI=1S/C14H17N5O/c1-10(11-5-6-11)17-14(20)18-12-4-2-7-15-13(12)19-9-3-8-16-19/h2-4,7-11H,5-6H2,1H3,(H2,17,18,20)/t10-/m0/s1. The molecule has 20 heavy (non-hydrogen) atoms. The number of carbonyl (C=O) groups excluding carboxylic acids is 1. The molecule has 6 heteroatoms. The van der Waals surface area contributed by atoms with Crippen molar-refractivity contribution in [2.75, 3.05) is 5.32 Å². The summed E-state index contributed by atoms with van der Waals surface area (Å²) in [6, 6.07) is 5.41. The molecule has 0 unspecified atom stereocenters. The van der Waals surface area contributed by atoms with Gasteiger partial charge in [-0.15, -0.1) is 0 Å². The quantitative estimate of drug-likeness (QED) is 0.895. The Morgan fingerprint density at radius 2 is 2.25 bits per heavy atom. The molecule has 1 aliphatic rings. The average molecular weight is 271 g/mol. The zero-order chi connectivity index (χ0) is 13.9. The van der Waals surface area contributed by atoms with Crippen molar-refractivity contribution in [3.63, 3.8) is 0 Å². The summed E-state index contributed by atoms with van der Waals surface area (Å²) < 4.78 is 1.62. The number of carbonyl (C=O) groups is 1. The molecule has 1 saturated carbocycles. The second-order valence-corrected chi connectivity index (χ2v) is 5.05. The van der Waals surface area contributed by atoms with Crippen molar-refractivity contribution in [3.05, 3.63) is 36.8 Å². The first-order chi connectivity index (χ1) is 9.74. The Balaban J connectivity index is 1.72. The van der Waals surface area contributed by atoms with Gasteiger partial charge in [0, 0.05) is 24.6 Å². The van der Waals surface area contributed by atoms with Gasteiger partial charge in [0.2, 0.25) is 0 Å². The average Bonchev–Trinajstić information content (AvgIpc) is 3.15. The fourth-order valence-electron chi connectivity index (χ4n) is 2.15. The van der Waals surface area contributed by atoms with Gasteiger partial charge in [0.1, 0.15) is 0 Å². The third-order valence-corrected chi connectivity index (χ3v) is 3.44. The molecular weight excluding hydrogens is 254 g/mol. The molecule has 0 spiro atoms. The van der Waals surface area contributed by atoms with E-state index in [0.717, 1.165) is 0 Å². The molecule has 2 aromatic rings. The van der Waals surface area contributed by atoms with Crippen LogP contribution >= 0.6 is 0 Å². The van der Waals surface area contributed by atoms with Gasteiger partial charge in [-0.05, 0) is 43.9 Å². The highest BCUT2D eigenvalue weighted by atomic mass is 16.2. The number of aromatic nitrogens is 3. The Hall–Kier alpha value is -2.37. The van der Waals surface area contributed by atoms with Crippen LogP contribution in [0.4, 0.5) is 10.5 Å². The van der Waals surface area contributed by atoms with Crippen LogP contribution < -0.4 is 10.6 Å². The maximum absolute atomic E-state index is 12.0. The van der Waals surface area contributed by atoms with E-state index in [9.17, 15) is 4.79 Å². The monoisotopic (exact) mass is 271 g/mol. The van der Waals surface area contributed by atoms with Crippen LogP contribution in [0.5, 0.6) is 0 Å². The first kappa shape index (κ1) is 12.7. The van der Waals surface area contributed by atoms with E-state index in [4.69, 9.17) is 0 Å². The molecule has 3 rings (SSSR count). The van der Waals surface area contributed by atoms with Crippen molar-refractivity contribution in [1.82, 2.24) is 20.1 Å². The first-order valence-electron chi connectivity index (χ1n) is 6.76. The molecule has 2 heterocycles. The minimum Gasteiger partial charge on any atom is -0.335 e. The van der Waals surface area contributed by atoms with Crippen LogP contribution in [0.15, 0.2) is 36.8 Å². The maximum atomic E-state index is 12.0. The number of nitrogens with zero attached hydrogens (tertiary/aromatic N) is 3. The normalized spacial score (nSPS) is 15.7. The van der Waals surface area contributed by atoms with E-state index in [1.54, 1.807) is 29.3 Å². The lowest BCUT2D eigenvalue weighted by molar-refractivity contribution is 0.248. The summed E-state index contributed by atoms with van der Waals surface area (Å²) in [4.78, 5) is 16.3. The SMILES string of the molecule is C[C@H](NC(=O)Nc1cccnc1-n1cccn1)C1CC1. The Bertz CT molecular complexity index is 591. The second kappa shape index (κ2) is 5.32. The number of amides is 2. The highest BCUT2D eigenvalue weighted by Crippen LogP contribution is 2.32. The molecule has 2 N–H and O–H groups in total. The molecule has 0 bridgehead atoms. The Labute approximate surface area is 117 Å². The topological polar surface area (TPSA) is 71.8 Å². The maximum Gasteiger partial charge on any atom is 0.319 e. The summed E-state index contributed by atoms with van der Waals surface area (Å²) in [5, 5.41) is 9.93. The third-order valence-electron chi connectivity index (χ3n) is 3.44. The molecule has 0 saturated heterocycles. The van der Waals surface area contributed by atoms with Gasteiger partial charge in [-0.3, -0.25) is 0 Å². The van der Waals surface area contributed by atoms with Crippen LogP contribution in [0.1, 0.15) is 19.8 Å². The number of hydrogen-bond acceptors (Lipinski definition) is 3. The molecule has 2 amide bonds. The van der Waals surface area contributed by atoms with Gasteiger partial charge < -0.3 is 10.6 Å².